The minimum absolute atomic E-state index is 0.260. The molecule has 2 rings (SSSR count). The second-order valence-corrected chi connectivity index (χ2v) is 4.32. The van der Waals surface area contributed by atoms with Gasteiger partial charge in [0, 0.05) is 19.3 Å². The van der Waals surface area contributed by atoms with Gasteiger partial charge in [-0.3, -0.25) is 4.79 Å². The Morgan fingerprint density at radius 3 is 2.81 bits per heavy atom. The lowest BCUT2D eigenvalue weighted by Gasteiger charge is -2.07. The van der Waals surface area contributed by atoms with Gasteiger partial charge in [0.15, 0.2) is 0 Å². The molecule has 1 amide bonds. The van der Waals surface area contributed by atoms with Gasteiger partial charge >= 0.3 is 0 Å². The van der Waals surface area contributed by atoms with Crippen molar-refractivity contribution in [2.24, 2.45) is 0 Å². The van der Waals surface area contributed by atoms with Crippen molar-refractivity contribution in [1.29, 1.82) is 0 Å². The molecule has 0 radical (unpaired) electrons. The van der Waals surface area contributed by atoms with Crippen LogP contribution in [0.15, 0.2) is 42.6 Å². The Labute approximate surface area is 122 Å². The van der Waals surface area contributed by atoms with Crippen LogP contribution in [0, 0.1) is 5.82 Å². The molecule has 2 aromatic rings. The number of carbonyl (C=O) groups is 1. The number of carbonyl (C=O) groups excluding carboxylic acids is 1. The third kappa shape index (κ3) is 4.54. The topological polar surface area (TPSA) is 63.2 Å². The Hall–Kier alpha value is -2.47. The molecule has 1 aromatic heterocycles. The van der Waals surface area contributed by atoms with Gasteiger partial charge in [0.25, 0.3) is 5.91 Å². The van der Waals surface area contributed by atoms with E-state index < -0.39 is 0 Å². The first-order valence-corrected chi connectivity index (χ1v) is 6.45. The average Bonchev–Trinajstić information content (AvgIpc) is 2.48. The molecule has 0 aliphatic heterocycles. The summed E-state index contributed by atoms with van der Waals surface area (Å²) in [7, 11) is 1.57. The van der Waals surface area contributed by atoms with Gasteiger partial charge in [-0.25, -0.2) is 9.37 Å². The number of nitrogens with zero attached hydrogens (tertiary/aromatic N) is 1. The molecule has 6 heteroatoms. The minimum atomic E-state index is -0.317. The quantitative estimate of drug-likeness (QED) is 0.801. The zero-order chi connectivity index (χ0) is 15.1. The zero-order valence-electron chi connectivity index (χ0n) is 11.6. The molecule has 21 heavy (non-hydrogen) atoms. The summed E-state index contributed by atoms with van der Waals surface area (Å²) in [5.74, 6) is -0.577. The molecule has 5 nitrogen and oxygen atoms in total. The van der Waals surface area contributed by atoms with E-state index in [9.17, 15) is 9.18 Å². The van der Waals surface area contributed by atoms with Crippen molar-refractivity contribution in [3.63, 3.8) is 0 Å². The average molecular weight is 289 g/mol. The van der Waals surface area contributed by atoms with E-state index in [0.717, 1.165) is 0 Å². The smallest absolute Gasteiger partial charge is 0.269 e. The number of benzene rings is 1. The highest BCUT2D eigenvalue weighted by atomic mass is 19.1. The van der Waals surface area contributed by atoms with Gasteiger partial charge in [-0.1, -0.05) is 6.07 Å². The molecule has 110 valence electrons. The minimum Gasteiger partial charge on any atom is -0.383 e. The number of nitrogens with one attached hydrogen (secondary N) is 2. The molecular weight excluding hydrogens is 273 g/mol. The summed E-state index contributed by atoms with van der Waals surface area (Å²) in [6.45, 7) is 0.880. The summed E-state index contributed by atoms with van der Waals surface area (Å²) < 4.78 is 17.9. The molecule has 0 saturated heterocycles. The number of hydrogen-bond acceptors (Lipinski definition) is 4. The first-order chi connectivity index (χ1) is 10.2. The molecule has 0 atom stereocenters. The number of hydrogen-bond donors (Lipinski definition) is 2. The van der Waals surface area contributed by atoms with Gasteiger partial charge in [-0.05, 0) is 30.3 Å². The Morgan fingerprint density at radius 1 is 1.29 bits per heavy atom. The molecular formula is C15H16FN3O2. The highest BCUT2D eigenvalue weighted by Gasteiger charge is 2.06. The third-order valence-corrected chi connectivity index (χ3v) is 2.70. The third-order valence-electron chi connectivity index (χ3n) is 2.70. The summed E-state index contributed by atoms with van der Waals surface area (Å²) in [5.41, 5.74) is 1.61. The summed E-state index contributed by atoms with van der Waals surface area (Å²) in [6, 6.07) is 9.42. The zero-order valence-corrected chi connectivity index (χ0v) is 11.6. The highest BCUT2D eigenvalue weighted by molar-refractivity contribution is 5.92. The molecule has 0 bridgehead atoms. The van der Waals surface area contributed by atoms with E-state index in [1.807, 2.05) is 0 Å². The van der Waals surface area contributed by atoms with Crippen molar-refractivity contribution in [1.82, 2.24) is 10.3 Å². The Bertz CT molecular complexity index is 602. The largest absolute Gasteiger partial charge is 0.383 e. The standard InChI is InChI=1S/C15H16FN3O2/c1-21-8-7-17-15(20)14-6-5-13(10-18-14)19-12-4-2-3-11(16)9-12/h2-6,9-10,19H,7-8H2,1H3,(H,17,20). The predicted octanol–water partition coefficient (Wildman–Crippen LogP) is 2.34. The molecule has 0 saturated carbocycles. The summed E-state index contributed by atoms with van der Waals surface area (Å²) in [6.07, 6.45) is 1.52. The van der Waals surface area contributed by atoms with E-state index in [4.69, 9.17) is 4.74 Å². The first-order valence-electron chi connectivity index (χ1n) is 6.45. The van der Waals surface area contributed by atoms with Gasteiger partial charge in [-0.15, -0.1) is 0 Å². The summed E-state index contributed by atoms with van der Waals surface area (Å²) in [5, 5.41) is 5.69. The van der Waals surface area contributed by atoms with Crippen LogP contribution >= 0.6 is 0 Å². The second kappa shape index (κ2) is 7.35. The van der Waals surface area contributed by atoms with Crippen LogP contribution in [0.25, 0.3) is 0 Å². The van der Waals surface area contributed by atoms with E-state index in [1.54, 1.807) is 31.4 Å². The molecule has 2 N–H and O–H groups in total. The Balaban J connectivity index is 1.97. The Morgan fingerprint density at radius 2 is 2.14 bits per heavy atom. The van der Waals surface area contributed by atoms with E-state index in [2.05, 4.69) is 15.6 Å². The van der Waals surface area contributed by atoms with E-state index in [0.29, 0.717) is 30.2 Å². The maximum absolute atomic E-state index is 13.1. The molecule has 0 aliphatic carbocycles. The van der Waals surface area contributed by atoms with Crippen LogP contribution in [-0.2, 0) is 4.74 Å². The number of rotatable bonds is 6. The van der Waals surface area contributed by atoms with E-state index >= 15 is 0 Å². The van der Waals surface area contributed by atoms with Crippen molar-refractivity contribution in [3.05, 3.63) is 54.1 Å². The summed E-state index contributed by atoms with van der Waals surface area (Å²) >= 11 is 0. The molecule has 0 fully saturated rings. The highest BCUT2D eigenvalue weighted by Crippen LogP contribution is 2.16. The van der Waals surface area contributed by atoms with Gasteiger partial charge in [0.05, 0.1) is 18.5 Å². The van der Waals surface area contributed by atoms with Crippen molar-refractivity contribution in [3.8, 4) is 0 Å². The van der Waals surface area contributed by atoms with Gasteiger partial charge in [0.2, 0.25) is 0 Å². The fourth-order valence-corrected chi connectivity index (χ4v) is 1.69. The maximum atomic E-state index is 13.1. The number of methoxy groups -OCH3 is 1. The fourth-order valence-electron chi connectivity index (χ4n) is 1.69. The Kier molecular flexibility index (Phi) is 5.22. The van der Waals surface area contributed by atoms with Crippen LogP contribution in [0.5, 0.6) is 0 Å². The van der Waals surface area contributed by atoms with Crippen molar-refractivity contribution in [2.75, 3.05) is 25.6 Å². The first kappa shape index (κ1) is 14.9. The normalized spacial score (nSPS) is 10.2. The lowest BCUT2D eigenvalue weighted by molar-refractivity contribution is 0.0932. The number of pyridine rings is 1. The predicted molar refractivity (Wildman–Crippen MR) is 78.1 cm³/mol. The van der Waals surface area contributed by atoms with Crippen LogP contribution in [0.1, 0.15) is 10.5 Å². The van der Waals surface area contributed by atoms with Crippen LogP contribution in [-0.4, -0.2) is 31.2 Å². The summed E-state index contributed by atoms with van der Waals surface area (Å²) in [4.78, 5) is 15.8. The van der Waals surface area contributed by atoms with Gasteiger partial charge < -0.3 is 15.4 Å². The lowest BCUT2D eigenvalue weighted by Crippen LogP contribution is -2.27. The second-order valence-electron chi connectivity index (χ2n) is 4.32. The lowest BCUT2D eigenvalue weighted by atomic mass is 10.2. The molecule has 0 aliphatic rings. The van der Waals surface area contributed by atoms with Crippen molar-refractivity contribution < 1.29 is 13.9 Å². The van der Waals surface area contributed by atoms with Crippen LogP contribution < -0.4 is 10.6 Å². The number of aromatic nitrogens is 1. The number of halogens is 1. The van der Waals surface area contributed by atoms with Crippen LogP contribution in [0.4, 0.5) is 15.8 Å². The number of anilines is 2. The van der Waals surface area contributed by atoms with E-state index in [1.165, 1.54) is 18.3 Å². The van der Waals surface area contributed by atoms with E-state index in [-0.39, 0.29) is 11.7 Å². The number of amides is 1. The maximum Gasteiger partial charge on any atom is 0.269 e. The van der Waals surface area contributed by atoms with Crippen molar-refractivity contribution >= 4 is 17.3 Å². The number of ether oxygens (including phenoxy) is 1. The molecule has 1 aromatic carbocycles. The SMILES string of the molecule is COCCNC(=O)c1ccc(Nc2cccc(F)c2)cn1. The van der Waals surface area contributed by atoms with Gasteiger partial charge in [0.1, 0.15) is 11.5 Å². The monoisotopic (exact) mass is 289 g/mol. The van der Waals surface area contributed by atoms with Crippen molar-refractivity contribution in [2.45, 2.75) is 0 Å². The fraction of sp³-hybridized carbons (Fsp3) is 0.200. The van der Waals surface area contributed by atoms with Crippen LogP contribution in [0.2, 0.25) is 0 Å². The van der Waals surface area contributed by atoms with Gasteiger partial charge in [-0.2, -0.15) is 0 Å². The molecule has 1 heterocycles. The van der Waals surface area contributed by atoms with Crippen LogP contribution in [0.3, 0.4) is 0 Å². The molecule has 0 unspecified atom stereocenters. The molecule has 0 spiro atoms.